The zero-order valence-electron chi connectivity index (χ0n) is 13.2. The summed E-state index contributed by atoms with van der Waals surface area (Å²) in [6.07, 6.45) is 1.11. The third-order valence-electron chi connectivity index (χ3n) is 3.69. The van der Waals surface area contributed by atoms with Crippen molar-refractivity contribution in [3.63, 3.8) is 0 Å². The molecule has 0 fully saturated rings. The molecule has 2 rings (SSSR count). The van der Waals surface area contributed by atoms with Gasteiger partial charge in [0.05, 0.1) is 17.2 Å². The van der Waals surface area contributed by atoms with Gasteiger partial charge in [-0.15, -0.1) is 0 Å². The molecule has 1 aromatic heterocycles. The summed E-state index contributed by atoms with van der Waals surface area (Å²) in [5.74, 6) is 1.26. The summed E-state index contributed by atoms with van der Waals surface area (Å²) >= 11 is 6.21. The molecular formula is C17H24ClNO2. The van der Waals surface area contributed by atoms with Crippen molar-refractivity contribution < 1.29 is 9.15 Å². The van der Waals surface area contributed by atoms with Crippen LogP contribution in [0.15, 0.2) is 28.7 Å². The van der Waals surface area contributed by atoms with Crippen molar-refractivity contribution in [1.29, 1.82) is 0 Å². The molecule has 2 aromatic rings. The van der Waals surface area contributed by atoms with E-state index < -0.39 is 0 Å². The fraction of sp³-hybridized carbons (Fsp3) is 0.529. The van der Waals surface area contributed by atoms with E-state index in [2.05, 4.69) is 32.2 Å². The molecule has 3 nitrogen and oxygen atoms in total. The summed E-state index contributed by atoms with van der Waals surface area (Å²) < 4.78 is 11.7. The molecule has 0 aliphatic carbocycles. The van der Waals surface area contributed by atoms with Crippen LogP contribution in [-0.2, 0) is 4.74 Å². The molecular weight excluding hydrogens is 286 g/mol. The Balaban J connectivity index is 2.39. The number of rotatable bonds is 7. The molecule has 0 amide bonds. The summed E-state index contributed by atoms with van der Waals surface area (Å²) in [5, 5.41) is 5.21. The minimum atomic E-state index is 0.0263. The Hall–Kier alpha value is -1.03. The number of hydrogen-bond acceptors (Lipinski definition) is 3. The van der Waals surface area contributed by atoms with Crippen LogP contribution in [0.25, 0.3) is 11.0 Å². The maximum Gasteiger partial charge on any atom is 0.152 e. The number of ether oxygens (including phenoxy) is 1. The number of halogens is 1. The van der Waals surface area contributed by atoms with Crippen LogP contribution in [0.4, 0.5) is 0 Å². The van der Waals surface area contributed by atoms with E-state index in [4.69, 9.17) is 20.8 Å². The number of methoxy groups -OCH3 is 1. The third-order valence-corrected chi connectivity index (χ3v) is 3.99. The Kier molecular flexibility index (Phi) is 5.68. The number of nitrogens with one attached hydrogen (secondary N) is 1. The van der Waals surface area contributed by atoms with E-state index in [1.54, 1.807) is 7.11 Å². The molecule has 116 valence electrons. The monoisotopic (exact) mass is 309 g/mol. The fourth-order valence-electron chi connectivity index (χ4n) is 2.67. The van der Waals surface area contributed by atoms with E-state index in [0.717, 1.165) is 29.7 Å². The molecule has 0 aliphatic rings. The highest BCUT2D eigenvalue weighted by Crippen LogP contribution is 2.32. The van der Waals surface area contributed by atoms with Gasteiger partial charge < -0.3 is 14.5 Å². The lowest BCUT2D eigenvalue weighted by Crippen LogP contribution is -2.36. The maximum absolute atomic E-state index is 6.21. The zero-order chi connectivity index (χ0) is 15.4. The van der Waals surface area contributed by atoms with Crippen molar-refractivity contribution in [3.05, 3.63) is 35.0 Å². The largest absolute Gasteiger partial charge is 0.458 e. The second-order valence-electron chi connectivity index (χ2n) is 5.68. The van der Waals surface area contributed by atoms with Gasteiger partial charge in [0.15, 0.2) is 5.58 Å². The van der Waals surface area contributed by atoms with Crippen molar-refractivity contribution in [2.75, 3.05) is 13.7 Å². The zero-order valence-corrected chi connectivity index (χ0v) is 13.9. The number of fused-ring (bicyclic) bond motifs is 1. The van der Waals surface area contributed by atoms with Crippen molar-refractivity contribution in [3.8, 4) is 0 Å². The summed E-state index contributed by atoms with van der Waals surface area (Å²) in [4.78, 5) is 0. The Morgan fingerprint density at radius 1 is 1.33 bits per heavy atom. The van der Waals surface area contributed by atoms with Gasteiger partial charge >= 0.3 is 0 Å². The summed E-state index contributed by atoms with van der Waals surface area (Å²) in [6.45, 7) is 7.38. The summed E-state index contributed by atoms with van der Waals surface area (Å²) in [7, 11) is 1.75. The van der Waals surface area contributed by atoms with Gasteiger partial charge in [-0.2, -0.15) is 0 Å². The van der Waals surface area contributed by atoms with Crippen LogP contribution in [0.5, 0.6) is 0 Å². The van der Waals surface area contributed by atoms with Gasteiger partial charge in [0.1, 0.15) is 5.76 Å². The van der Waals surface area contributed by atoms with Gasteiger partial charge in [0.2, 0.25) is 0 Å². The Labute approximate surface area is 131 Å². The highest BCUT2D eigenvalue weighted by molar-refractivity contribution is 6.34. The maximum atomic E-state index is 6.21. The SMILES string of the molecule is CCCNC(c1cc2cccc(Cl)c2o1)C(OC)C(C)C. The lowest BCUT2D eigenvalue weighted by atomic mass is 9.97. The van der Waals surface area contributed by atoms with E-state index in [-0.39, 0.29) is 12.1 Å². The molecule has 2 atom stereocenters. The second-order valence-corrected chi connectivity index (χ2v) is 6.09. The van der Waals surface area contributed by atoms with Gasteiger partial charge in [-0.25, -0.2) is 0 Å². The van der Waals surface area contributed by atoms with E-state index in [0.29, 0.717) is 10.9 Å². The highest BCUT2D eigenvalue weighted by Gasteiger charge is 2.28. The molecule has 1 N–H and O–H groups in total. The molecule has 0 spiro atoms. The lowest BCUT2D eigenvalue weighted by Gasteiger charge is -2.28. The molecule has 1 aromatic carbocycles. The first-order chi connectivity index (χ1) is 10.1. The molecule has 2 unspecified atom stereocenters. The van der Waals surface area contributed by atoms with Gasteiger partial charge in [-0.3, -0.25) is 0 Å². The second kappa shape index (κ2) is 7.30. The molecule has 21 heavy (non-hydrogen) atoms. The quantitative estimate of drug-likeness (QED) is 0.798. The minimum Gasteiger partial charge on any atom is -0.458 e. The molecule has 0 radical (unpaired) electrons. The van der Waals surface area contributed by atoms with Gasteiger partial charge in [-0.1, -0.05) is 44.5 Å². The van der Waals surface area contributed by atoms with Crippen LogP contribution >= 0.6 is 11.6 Å². The van der Waals surface area contributed by atoms with E-state index >= 15 is 0 Å². The van der Waals surface area contributed by atoms with Crippen LogP contribution in [0, 0.1) is 5.92 Å². The van der Waals surface area contributed by atoms with Crippen LogP contribution in [-0.4, -0.2) is 19.8 Å². The van der Waals surface area contributed by atoms with E-state index in [1.165, 1.54) is 0 Å². The van der Waals surface area contributed by atoms with E-state index in [1.807, 2.05) is 18.2 Å². The van der Waals surface area contributed by atoms with Crippen LogP contribution < -0.4 is 5.32 Å². The molecule has 0 saturated carbocycles. The van der Waals surface area contributed by atoms with Gasteiger partial charge in [-0.05, 0) is 31.0 Å². The lowest BCUT2D eigenvalue weighted by molar-refractivity contribution is 0.0269. The normalized spacial score (nSPS) is 14.8. The van der Waals surface area contributed by atoms with Crippen LogP contribution in [0.1, 0.15) is 39.0 Å². The number of furan rings is 1. The molecule has 1 heterocycles. The standard InChI is InChI=1S/C17H24ClNO2/c1-5-9-19-15(16(20-4)11(2)3)14-10-12-7-6-8-13(18)17(12)21-14/h6-8,10-11,15-16,19H,5,9H2,1-4H3. The fourth-order valence-corrected chi connectivity index (χ4v) is 2.89. The van der Waals surface area contributed by atoms with Crippen molar-refractivity contribution in [1.82, 2.24) is 5.32 Å². The van der Waals surface area contributed by atoms with E-state index in [9.17, 15) is 0 Å². The Bertz CT molecular complexity index is 579. The first kappa shape index (κ1) is 16.3. The summed E-state index contributed by atoms with van der Waals surface area (Å²) in [6, 6.07) is 7.89. The molecule has 0 aliphatic heterocycles. The van der Waals surface area contributed by atoms with Gasteiger partial charge in [0.25, 0.3) is 0 Å². The number of hydrogen-bond donors (Lipinski definition) is 1. The number of benzene rings is 1. The number of para-hydroxylation sites is 1. The van der Waals surface area contributed by atoms with Crippen molar-refractivity contribution in [2.24, 2.45) is 5.92 Å². The molecule has 4 heteroatoms. The highest BCUT2D eigenvalue weighted by atomic mass is 35.5. The average molecular weight is 310 g/mol. The first-order valence-corrected chi connectivity index (χ1v) is 7.90. The molecule has 0 saturated heterocycles. The van der Waals surface area contributed by atoms with Crippen LogP contribution in [0.3, 0.4) is 0 Å². The predicted molar refractivity (Wildman–Crippen MR) is 87.9 cm³/mol. The van der Waals surface area contributed by atoms with Crippen molar-refractivity contribution in [2.45, 2.75) is 39.3 Å². The third kappa shape index (κ3) is 3.60. The topological polar surface area (TPSA) is 34.4 Å². The first-order valence-electron chi connectivity index (χ1n) is 7.52. The Morgan fingerprint density at radius 2 is 2.10 bits per heavy atom. The Morgan fingerprint density at radius 3 is 2.67 bits per heavy atom. The van der Waals surface area contributed by atoms with Gasteiger partial charge in [0, 0.05) is 12.5 Å². The van der Waals surface area contributed by atoms with Crippen molar-refractivity contribution >= 4 is 22.6 Å². The average Bonchev–Trinajstić information content (AvgIpc) is 2.88. The predicted octanol–water partition coefficient (Wildman–Crippen LogP) is 4.80. The molecule has 0 bridgehead atoms. The minimum absolute atomic E-state index is 0.0263. The smallest absolute Gasteiger partial charge is 0.152 e. The van der Waals surface area contributed by atoms with Crippen LogP contribution in [0.2, 0.25) is 5.02 Å². The summed E-state index contributed by atoms with van der Waals surface area (Å²) in [5.41, 5.74) is 0.746.